The Hall–Kier alpha value is -1.97. The fourth-order valence-electron chi connectivity index (χ4n) is 3.19. The summed E-state index contributed by atoms with van der Waals surface area (Å²) in [6.07, 6.45) is 2.42. The largest absolute Gasteiger partial charge is 0.378 e. The van der Waals surface area contributed by atoms with Crippen molar-refractivity contribution in [2.24, 2.45) is 0 Å². The van der Waals surface area contributed by atoms with Gasteiger partial charge in [0.1, 0.15) is 0 Å². The molecule has 2 aliphatic heterocycles. The molecule has 2 aromatic rings. The van der Waals surface area contributed by atoms with E-state index in [-0.39, 0.29) is 6.10 Å². The smallest absolute Gasteiger partial charge is 0.170 e. The van der Waals surface area contributed by atoms with Gasteiger partial charge in [-0.3, -0.25) is 0 Å². The van der Waals surface area contributed by atoms with E-state index < -0.39 is 0 Å². The standard InChI is InChI=1S/C16H21N5O3S/c25-16(17-10-11-2-1-7-23-11)18-12-3-4-13(15-14(12)19-24-20-15)21-5-8-22-9-6-21/h3-4,11H,1-2,5-10H2,(H2,17,18,25)/t11-/m0/s1. The molecule has 0 radical (unpaired) electrons. The highest BCUT2D eigenvalue weighted by Crippen LogP contribution is 2.30. The number of benzene rings is 1. The summed E-state index contributed by atoms with van der Waals surface area (Å²) in [6, 6.07) is 3.97. The van der Waals surface area contributed by atoms with E-state index in [0.717, 1.165) is 49.4 Å². The van der Waals surface area contributed by atoms with Crippen LogP contribution >= 0.6 is 12.2 Å². The number of hydrogen-bond acceptors (Lipinski definition) is 7. The Kier molecular flexibility index (Phi) is 4.95. The molecule has 0 unspecified atom stereocenters. The highest BCUT2D eigenvalue weighted by molar-refractivity contribution is 7.80. The van der Waals surface area contributed by atoms with Crippen molar-refractivity contribution in [1.82, 2.24) is 15.6 Å². The highest BCUT2D eigenvalue weighted by atomic mass is 32.1. The van der Waals surface area contributed by atoms with Gasteiger partial charge in [-0.25, -0.2) is 4.63 Å². The van der Waals surface area contributed by atoms with E-state index >= 15 is 0 Å². The molecule has 9 heteroatoms. The first-order chi connectivity index (χ1) is 12.3. The molecule has 25 heavy (non-hydrogen) atoms. The molecule has 3 heterocycles. The van der Waals surface area contributed by atoms with Crippen molar-refractivity contribution in [3.8, 4) is 0 Å². The number of morpholine rings is 1. The molecule has 2 aliphatic rings. The minimum atomic E-state index is 0.234. The molecule has 2 N–H and O–H groups in total. The number of thiocarbonyl (C=S) groups is 1. The molecular weight excluding hydrogens is 342 g/mol. The number of rotatable bonds is 4. The normalized spacial score (nSPS) is 20.8. The van der Waals surface area contributed by atoms with Gasteiger partial charge in [0.2, 0.25) is 0 Å². The van der Waals surface area contributed by atoms with Gasteiger partial charge in [-0.05, 0) is 47.5 Å². The Labute approximate surface area is 150 Å². The summed E-state index contributed by atoms with van der Waals surface area (Å²) in [7, 11) is 0. The van der Waals surface area contributed by atoms with E-state index in [2.05, 4.69) is 25.8 Å². The quantitative estimate of drug-likeness (QED) is 0.785. The second-order valence-electron chi connectivity index (χ2n) is 6.16. The zero-order valence-electron chi connectivity index (χ0n) is 13.9. The van der Waals surface area contributed by atoms with E-state index in [1.807, 2.05) is 12.1 Å². The van der Waals surface area contributed by atoms with Crippen molar-refractivity contribution >= 4 is 39.7 Å². The number of hydrogen-bond donors (Lipinski definition) is 2. The van der Waals surface area contributed by atoms with Gasteiger partial charge in [-0.1, -0.05) is 0 Å². The van der Waals surface area contributed by atoms with Crippen LogP contribution in [-0.4, -0.2) is 61.0 Å². The van der Waals surface area contributed by atoms with E-state index in [1.54, 1.807) is 0 Å². The predicted octanol–water partition coefficient (Wildman–Crippen LogP) is 1.52. The monoisotopic (exact) mass is 363 g/mol. The van der Waals surface area contributed by atoms with Crippen molar-refractivity contribution in [3.63, 3.8) is 0 Å². The van der Waals surface area contributed by atoms with Crippen LogP contribution in [0.5, 0.6) is 0 Å². The third-order valence-electron chi connectivity index (χ3n) is 4.51. The Balaban J connectivity index is 1.46. The summed E-state index contributed by atoms with van der Waals surface area (Å²) >= 11 is 5.38. The average Bonchev–Trinajstić information content (AvgIpc) is 3.33. The van der Waals surface area contributed by atoms with Gasteiger partial charge >= 0.3 is 0 Å². The first-order valence-electron chi connectivity index (χ1n) is 8.56. The molecule has 1 aromatic heterocycles. The highest BCUT2D eigenvalue weighted by Gasteiger charge is 2.20. The minimum Gasteiger partial charge on any atom is -0.378 e. The minimum absolute atomic E-state index is 0.234. The van der Waals surface area contributed by atoms with Gasteiger partial charge in [0.25, 0.3) is 0 Å². The molecule has 8 nitrogen and oxygen atoms in total. The van der Waals surface area contributed by atoms with E-state index in [4.69, 9.17) is 26.3 Å². The lowest BCUT2D eigenvalue weighted by Crippen LogP contribution is -2.36. The first-order valence-corrected chi connectivity index (χ1v) is 8.96. The Bertz CT molecular complexity index is 740. The number of nitrogens with one attached hydrogen (secondary N) is 2. The van der Waals surface area contributed by atoms with Gasteiger partial charge in [0.15, 0.2) is 16.1 Å². The lowest BCUT2D eigenvalue weighted by atomic mass is 10.2. The summed E-state index contributed by atoms with van der Waals surface area (Å²) < 4.78 is 16.0. The maximum atomic E-state index is 5.59. The molecular formula is C16H21N5O3S. The third-order valence-corrected chi connectivity index (χ3v) is 4.75. The molecule has 0 aliphatic carbocycles. The van der Waals surface area contributed by atoms with E-state index in [1.165, 1.54) is 0 Å². The Morgan fingerprint density at radius 1 is 1.20 bits per heavy atom. The summed E-state index contributed by atoms with van der Waals surface area (Å²) in [5.41, 5.74) is 3.18. The summed E-state index contributed by atoms with van der Waals surface area (Å²) in [6.45, 7) is 4.62. The van der Waals surface area contributed by atoms with Crippen LogP contribution in [0.25, 0.3) is 11.0 Å². The third kappa shape index (κ3) is 3.68. The summed E-state index contributed by atoms with van der Waals surface area (Å²) in [5.74, 6) is 0. The molecule has 4 rings (SSSR count). The van der Waals surface area contributed by atoms with Crippen LogP contribution in [0.1, 0.15) is 12.8 Å². The number of ether oxygens (including phenoxy) is 2. The number of anilines is 2. The van der Waals surface area contributed by atoms with Crippen LogP contribution in [0, 0.1) is 0 Å². The molecule has 0 amide bonds. The predicted molar refractivity (Wildman–Crippen MR) is 98.0 cm³/mol. The second-order valence-corrected chi connectivity index (χ2v) is 6.57. The molecule has 134 valence electrons. The zero-order valence-corrected chi connectivity index (χ0v) is 14.7. The number of nitrogens with zero attached hydrogens (tertiary/aromatic N) is 3. The van der Waals surface area contributed by atoms with Crippen LogP contribution in [0.2, 0.25) is 0 Å². The Morgan fingerprint density at radius 3 is 2.84 bits per heavy atom. The number of fused-ring (bicyclic) bond motifs is 1. The SMILES string of the molecule is S=C(NC[C@@H]1CCCO1)Nc1ccc(N2CCOCC2)c2nonc12. The van der Waals surface area contributed by atoms with Crippen molar-refractivity contribution < 1.29 is 14.1 Å². The fraction of sp³-hybridized carbons (Fsp3) is 0.562. The summed E-state index contributed by atoms with van der Waals surface area (Å²) in [5, 5.41) is 15.0. The van der Waals surface area contributed by atoms with Gasteiger partial charge < -0.3 is 25.0 Å². The first kappa shape index (κ1) is 16.5. The van der Waals surface area contributed by atoms with Gasteiger partial charge in [0.05, 0.1) is 30.7 Å². The van der Waals surface area contributed by atoms with Crippen molar-refractivity contribution in [1.29, 1.82) is 0 Å². The molecule has 0 bridgehead atoms. The zero-order chi connectivity index (χ0) is 17.1. The fourth-order valence-corrected chi connectivity index (χ4v) is 3.39. The van der Waals surface area contributed by atoms with Gasteiger partial charge in [-0.2, -0.15) is 0 Å². The van der Waals surface area contributed by atoms with Crippen molar-refractivity contribution in [2.75, 3.05) is 49.7 Å². The Morgan fingerprint density at radius 2 is 2.04 bits per heavy atom. The van der Waals surface area contributed by atoms with Crippen LogP contribution in [-0.2, 0) is 9.47 Å². The lowest BCUT2D eigenvalue weighted by Gasteiger charge is -2.28. The van der Waals surface area contributed by atoms with Crippen LogP contribution < -0.4 is 15.5 Å². The second kappa shape index (κ2) is 7.51. The van der Waals surface area contributed by atoms with E-state index in [0.29, 0.717) is 30.4 Å². The van der Waals surface area contributed by atoms with Crippen LogP contribution in [0.15, 0.2) is 16.8 Å². The topological polar surface area (TPSA) is 84.7 Å². The van der Waals surface area contributed by atoms with Gasteiger partial charge in [0, 0.05) is 26.2 Å². The van der Waals surface area contributed by atoms with Crippen LogP contribution in [0.3, 0.4) is 0 Å². The maximum Gasteiger partial charge on any atom is 0.170 e. The molecule has 0 spiro atoms. The van der Waals surface area contributed by atoms with Crippen LogP contribution in [0.4, 0.5) is 11.4 Å². The van der Waals surface area contributed by atoms with Gasteiger partial charge in [-0.15, -0.1) is 0 Å². The summed E-state index contributed by atoms with van der Waals surface area (Å²) in [4.78, 5) is 2.23. The maximum absolute atomic E-state index is 5.59. The van der Waals surface area contributed by atoms with Crippen molar-refractivity contribution in [3.05, 3.63) is 12.1 Å². The van der Waals surface area contributed by atoms with Crippen molar-refractivity contribution in [2.45, 2.75) is 18.9 Å². The molecule has 1 atom stereocenters. The molecule has 2 saturated heterocycles. The molecule has 2 fully saturated rings. The lowest BCUT2D eigenvalue weighted by molar-refractivity contribution is 0.114. The molecule has 0 saturated carbocycles. The van der Waals surface area contributed by atoms with E-state index in [9.17, 15) is 0 Å². The molecule has 1 aromatic carbocycles. The average molecular weight is 363 g/mol. The number of aromatic nitrogens is 2.